The molecule has 0 bridgehead atoms. The Morgan fingerprint density at radius 1 is 1.71 bits per heavy atom. The van der Waals surface area contributed by atoms with Gasteiger partial charge in [-0.25, -0.2) is 8.42 Å². The van der Waals surface area contributed by atoms with Crippen LogP contribution in [0.4, 0.5) is 0 Å². The minimum atomic E-state index is -2.92. The highest BCUT2D eigenvalue weighted by Crippen LogP contribution is 2.07. The van der Waals surface area contributed by atoms with E-state index in [1.165, 1.54) is 0 Å². The maximum Gasteiger partial charge on any atom is 0.170 e. The third-order valence-corrected chi connectivity index (χ3v) is 3.31. The van der Waals surface area contributed by atoms with Gasteiger partial charge in [0.25, 0.3) is 0 Å². The van der Waals surface area contributed by atoms with Crippen molar-refractivity contribution < 1.29 is 8.42 Å². The van der Waals surface area contributed by atoms with E-state index in [1.807, 2.05) is 0 Å². The highest BCUT2D eigenvalue weighted by atomic mass is 32.2. The molecule has 14 heavy (non-hydrogen) atoms. The first-order valence-corrected chi connectivity index (χ1v) is 6.31. The molecule has 1 aliphatic rings. The molecule has 0 radical (unpaired) electrons. The van der Waals surface area contributed by atoms with E-state index < -0.39 is 9.84 Å². The number of thiocarbonyl (C=S) groups is 1. The van der Waals surface area contributed by atoms with Crippen molar-refractivity contribution in [1.29, 1.82) is 0 Å². The molecule has 0 aliphatic carbocycles. The van der Waals surface area contributed by atoms with E-state index in [2.05, 4.69) is 17.2 Å². The Kier molecular flexibility index (Phi) is 3.65. The van der Waals surface area contributed by atoms with Crippen LogP contribution in [0.15, 0.2) is 24.4 Å². The summed E-state index contributed by atoms with van der Waals surface area (Å²) in [5.74, 6) is 0.141. The Labute approximate surface area is 89.0 Å². The molecule has 0 aromatic carbocycles. The molecule has 0 aromatic heterocycles. The summed E-state index contributed by atoms with van der Waals surface area (Å²) < 4.78 is 22.1. The molecule has 0 saturated carbocycles. The van der Waals surface area contributed by atoms with Crippen molar-refractivity contribution in [2.24, 2.45) is 0 Å². The molecule has 4 nitrogen and oxygen atoms in total. The molecule has 0 unspecified atom stereocenters. The Morgan fingerprint density at radius 3 is 2.93 bits per heavy atom. The fourth-order valence-electron chi connectivity index (χ4n) is 1.02. The highest BCUT2D eigenvalue weighted by molar-refractivity contribution is 7.92. The largest absolute Gasteiger partial charge is 0.359 e. The van der Waals surface area contributed by atoms with E-state index in [9.17, 15) is 8.42 Å². The van der Waals surface area contributed by atoms with Gasteiger partial charge in [-0.1, -0.05) is 6.08 Å². The molecule has 1 aliphatic heterocycles. The van der Waals surface area contributed by atoms with Gasteiger partial charge in [0.2, 0.25) is 0 Å². The van der Waals surface area contributed by atoms with Crippen LogP contribution in [0.25, 0.3) is 0 Å². The van der Waals surface area contributed by atoms with Crippen LogP contribution in [0.5, 0.6) is 0 Å². The highest BCUT2D eigenvalue weighted by Gasteiger charge is 2.19. The van der Waals surface area contributed by atoms with Gasteiger partial charge >= 0.3 is 0 Å². The summed E-state index contributed by atoms with van der Waals surface area (Å²) in [7, 11) is -2.92. The van der Waals surface area contributed by atoms with Crippen LogP contribution >= 0.6 is 12.2 Å². The molecular formula is C8H12N2O2S2. The van der Waals surface area contributed by atoms with Crippen molar-refractivity contribution in [2.75, 3.05) is 18.1 Å². The van der Waals surface area contributed by atoms with Gasteiger partial charge in [-0.05, 0) is 18.3 Å². The van der Waals surface area contributed by atoms with Crippen molar-refractivity contribution in [1.82, 2.24) is 10.6 Å². The smallest absolute Gasteiger partial charge is 0.170 e. The molecule has 1 rings (SSSR count). The SMILES string of the molecule is C=CCNC(=S)NC1=CCS(=O)(=O)C1. The topological polar surface area (TPSA) is 58.2 Å². The van der Waals surface area contributed by atoms with Crippen LogP contribution < -0.4 is 10.6 Å². The van der Waals surface area contributed by atoms with Gasteiger partial charge in [0.15, 0.2) is 14.9 Å². The molecule has 1 heterocycles. The normalized spacial score (nSPS) is 18.4. The average Bonchev–Trinajstić information content (AvgIpc) is 2.42. The molecule has 0 amide bonds. The van der Waals surface area contributed by atoms with Crippen LogP contribution in [0.2, 0.25) is 0 Å². The Bertz CT molecular complexity index is 371. The van der Waals surface area contributed by atoms with Crippen LogP contribution in [-0.2, 0) is 9.84 Å². The zero-order chi connectivity index (χ0) is 10.6. The van der Waals surface area contributed by atoms with Crippen molar-refractivity contribution in [3.05, 3.63) is 24.4 Å². The molecule has 78 valence electrons. The lowest BCUT2D eigenvalue weighted by atomic mass is 10.4. The lowest BCUT2D eigenvalue weighted by Gasteiger charge is -2.08. The van der Waals surface area contributed by atoms with Gasteiger partial charge in [-0.3, -0.25) is 0 Å². The summed E-state index contributed by atoms with van der Waals surface area (Å²) in [6.45, 7) is 4.09. The molecule has 0 fully saturated rings. The molecule has 0 atom stereocenters. The van der Waals surface area contributed by atoms with Gasteiger partial charge in [0, 0.05) is 12.2 Å². The van der Waals surface area contributed by atoms with E-state index in [1.54, 1.807) is 12.2 Å². The summed E-state index contributed by atoms with van der Waals surface area (Å²) in [6, 6.07) is 0. The summed E-state index contributed by atoms with van der Waals surface area (Å²) in [5, 5.41) is 6.10. The summed E-state index contributed by atoms with van der Waals surface area (Å²) in [4.78, 5) is 0. The molecule has 2 N–H and O–H groups in total. The first-order chi connectivity index (χ1) is 6.53. The van der Waals surface area contributed by atoms with Crippen molar-refractivity contribution >= 4 is 27.2 Å². The Balaban J connectivity index is 2.40. The lowest BCUT2D eigenvalue weighted by Crippen LogP contribution is -2.35. The monoisotopic (exact) mass is 232 g/mol. The second-order valence-corrected chi connectivity index (χ2v) is 5.43. The van der Waals surface area contributed by atoms with Crippen molar-refractivity contribution in [3.63, 3.8) is 0 Å². The quantitative estimate of drug-likeness (QED) is 0.528. The predicted octanol–water partition coefficient (Wildman–Crippen LogP) is -0.0512. The average molecular weight is 232 g/mol. The van der Waals surface area contributed by atoms with E-state index >= 15 is 0 Å². The number of nitrogens with one attached hydrogen (secondary N) is 2. The molecule has 6 heteroatoms. The maximum absolute atomic E-state index is 11.1. The van der Waals surface area contributed by atoms with Crippen molar-refractivity contribution in [3.8, 4) is 0 Å². The molecular weight excluding hydrogens is 220 g/mol. The second kappa shape index (κ2) is 4.56. The van der Waals surface area contributed by atoms with E-state index in [0.717, 1.165) is 0 Å². The number of hydrogen-bond acceptors (Lipinski definition) is 3. The standard InChI is InChI=1S/C8H12N2O2S2/c1-2-4-9-8(13)10-7-3-5-14(11,12)6-7/h2-3H,1,4-6H2,(H2,9,10,13). The second-order valence-electron chi connectivity index (χ2n) is 2.91. The van der Waals surface area contributed by atoms with E-state index in [-0.39, 0.29) is 11.5 Å². The predicted molar refractivity (Wildman–Crippen MR) is 60.7 cm³/mol. The van der Waals surface area contributed by atoms with Gasteiger partial charge in [0.05, 0.1) is 11.5 Å². The van der Waals surface area contributed by atoms with Crippen LogP contribution in [0.3, 0.4) is 0 Å². The summed E-state index contributed by atoms with van der Waals surface area (Å²) >= 11 is 4.93. The van der Waals surface area contributed by atoms with E-state index in [0.29, 0.717) is 17.4 Å². The first kappa shape index (κ1) is 11.2. The van der Waals surface area contributed by atoms with Crippen molar-refractivity contribution in [2.45, 2.75) is 0 Å². The number of rotatable bonds is 3. The third-order valence-electron chi connectivity index (χ3n) is 1.64. The molecule has 0 saturated heterocycles. The molecule has 0 aromatic rings. The van der Waals surface area contributed by atoms with Gasteiger partial charge in [-0.15, -0.1) is 6.58 Å². The van der Waals surface area contributed by atoms with Gasteiger partial charge in [0.1, 0.15) is 0 Å². The van der Waals surface area contributed by atoms with Crippen LogP contribution in [0.1, 0.15) is 0 Å². The minimum absolute atomic E-state index is 0.0446. The number of hydrogen-bond donors (Lipinski definition) is 2. The van der Waals surface area contributed by atoms with Crippen LogP contribution in [-0.4, -0.2) is 31.6 Å². The third kappa shape index (κ3) is 3.47. The Morgan fingerprint density at radius 2 is 2.43 bits per heavy atom. The minimum Gasteiger partial charge on any atom is -0.359 e. The summed E-state index contributed by atoms with van der Waals surface area (Å²) in [6.07, 6.45) is 3.31. The summed E-state index contributed by atoms with van der Waals surface area (Å²) in [5.41, 5.74) is 0.645. The lowest BCUT2D eigenvalue weighted by molar-refractivity contribution is 0.602. The fourth-order valence-corrected chi connectivity index (χ4v) is 2.48. The Hall–Kier alpha value is -0.880. The van der Waals surface area contributed by atoms with Gasteiger partial charge in [-0.2, -0.15) is 0 Å². The maximum atomic E-state index is 11.1. The zero-order valence-corrected chi connectivity index (χ0v) is 9.25. The first-order valence-electron chi connectivity index (χ1n) is 4.09. The molecule has 0 spiro atoms. The van der Waals surface area contributed by atoms with Gasteiger partial charge < -0.3 is 10.6 Å². The zero-order valence-electron chi connectivity index (χ0n) is 7.62. The van der Waals surface area contributed by atoms with E-state index in [4.69, 9.17) is 12.2 Å². The van der Waals surface area contributed by atoms with Crippen LogP contribution in [0, 0.1) is 0 Å². The number of sulfone groups is 1. The fraction of sp³-hybridized carbons (Fsp3) is 0.375.